The highest BCUT2D eigenvalue weighted by Gasteiger charge is 2.25. The summed E-state index contributed by atoms with van der Waals surface area (Å²) in [4.78, 5) is 31.4. The van der Waals surface area contributed by atoms with E-state index in [1.807, 2.05) is 62.2 Å². The van der Waals surface area contributed by atoms with Crippen molar-refractivity contribution in [2.75, 3.05) is 13.6 Å². The van der Waals surface area contributed by atoms with Crippen molar-refractivity contribution in [1.82, 2.24) is 14.3 Å². The standard InChI is InChI=1S/C21H23N3O3/c1-4-23(3)20(16-8-6-5-7-9-16)21(26)27-14-17-12-19(25)24-13-15(2)10-11-18(24)22-17/h5-13,20H,4,14H2,1-3H3. The van der Waals surface area contributed by atoms with E-state index >= 15 is 0 Å². The predicted molar refractivity (Wildman–Crippen MR) is 103 cm³/mol. The van der Waals surface area contributed by atoms with Crippen LogP contribution in [0.2, 0.25) is 0 Å². The monoisotopic (exact) mass is 365 g/mol. The third kappa shape index (κ3) is 4.23. The number of hydrogen-bond acceptors (Lipinski definition) is 5. The van der Waals surface area contributed by atoms with Crippen molar-refractivity contribution >= 4 is 11.6 Å². The van der Waals surface area contributed by atoms with Crippen molar-refractivity contribution < 1.29 is 9.53 Å². The van der Waals surface area contributed by atoms with E-state index in [2.05, 4.69) is 4.98 Å². The third-order valence-corrected chi connectivity index (χ3v) is 4.50. The molecule has 1 aromatic carbocycles. The number of nitrogens with zero attached hydrogens (tertiary/aromatic N) is 3. The second-order valence-corrected chi connectivity index (χ2v) is 6.51. The van der Waals surface area contributed by atoms with Crippen LogP contribution >= 0.6 is 0 Å². The van der Waals surface area contributed by atoms with Crippen LogP contribution in [0.5, 0.6) is 0 Å². The van der Waals surface area contributed by atoms with Crippen LogP contribution in [-0.2, 0) is 16.1 Å². The van der Waals surface area contributed by atoms with E-state index in [4.69, 9.17) is 4.74 Å². The van der Waals surface area contributed by atoms with Crippen LogP contribution in [0.3, 0.4) is 0 Å². The predicted octanol–water partition coefficient (Wildman–Crippen LogP) is 2.74. The van der Waals surface area contributed by atoms with E-state index in [9.17, 15) is 9.59 Å². The maximum atomic E-state index is 12.7. The van der Waals surface area contributed by atoms with Crippen molar-refractivity contribution in [2.24, 2.45) is 0 Å². The fourth-order valence-electron chi connectivity index (χ4n) is 2.94. The van der Waals surface area contributed by atoms with Crippen LogP contribution in [0.1, 0.15) is 29.8 Å². The number of pyridine rings is 1. The Balaban J connectivity index is 1.80. The molecule has 6 heteroatoms. The molecule has 0 N–H and O–H groups in total. The smallest absolute Gasteiger partial charge is 0.328 e. The van der Waals surface area contributed by atoms with E-state index in [-0.39, 0.29) is 18.1 Å². The summed E-state index contributed by atoms with van der Waals surface area (Å²) in [6.45, 7) is 4.55. The molecule has 0 radical (unpaired) electrons. The average Bonchev–Trinajstić information content (AvgIpc) is 2.68. The van der Waals surface area contributed by atoms with Crippen LogP contribution in [0, 0.1) is 6.92 Å². The van der Waals surface area contributed by atoms with Gasteiger partial charge in [-0.25, -0.2) is 9.78 Å². The minimum absolute atomic E-state index is 0.0423. The first-order valence-corrected chi connectivity index (χ1v) is 8.90. The molecule has 0 fully saturated rings. The highest BCUT2D eigenvalue weighted by Crippen LogP contribution is 2.21. The van der Waals surface area contributed by atoms with Gasteiger partial charge in [0.15, 0.2) is 0 Å². The Labute approximate surface area is 158 Å². The molecular weight excluding hydrogens is 342 g/mol. The maximum absolute atomic E-state index is 12.7. The minimum Gasteiger partial charge on any atom is -0.458 e. The molecule has 0 saturated heterocycles. The van der Waals surface area contributed by atoms with Gasteiger partial charge in [0, 0.05) is 12.3 Å². The molecule has 6 nitrogen and oxygen atoms in total. The average molecular weight is 365 g/mol. The topological polar surface area (TPSA) is 63.9 Å². The Morgan fingerprint density at radius 1 is 1.22 bits per heavy atom. The van der Waals surface area contributed by atoms with Crippen LogP contribution < -0.4 is 5.56 Å². The summed E-state index contributed by atoms with van der Waals surface area (Å²) in [5, 5.41) is 0. The number of benzene rings is 1. The Hall–Kier alpha value is -2.99. The van der Waals surface area contributed by atoms with Gasteiger partial charge in [0.2, 0.25) is 0 Å². The van der Waals surface area contributed by atoms with Gasteiger partial charge in [-0.15, -0.1) is 0 Å². The largest absolute Gasteiger partial charge is 0.458 e. The molecule has 2 aromatic heterocycles. The summed E-state index contributed by atoms with van der Waals surface area (Å²) in [6, 6.07) is 14.1. The molecule has 1 unspecified atom stereocenters. The molecule has 0 spiro atoms. The number of esters is 1. The lowest BCUT2D eigenvalue weighted by Gasteiger charge is -2.25. The van der Waals surface area contributed by atoms with Gasteiger partial charge in [-0.2, -0.15) is 0 Å². The first kappa shape index (κ1) is 18.8. The molecule has 0 saturated carbocycles. The highest BCUT2D eigenvalue weighted by atomic mass is 16.5. The molecule has 140 valence electrons. The zero-order valence-corrected chi connectivity index (χ0v) is 15.8. The minimum atomic E-state index is -0.500. The van der Waals surface area contributed by atoms with Crippen LogP contribution in [0.25, 0.3) is 5.65 Å². The molecule has 3 rings (SSSR count). The van der Waals surface area contributed by atoms with Crippen LogP contribution in [0.4, 0.5) is 0 Å². The fourth-order valence-corrected chi connectivity index (χ4v) is 2.94. The SMILES string of the molecule is CCN(C)C(C(=O)OCc1cc(=O)n2cc(C)ccc2n1)c1ccccc1. The third-order valence-electron chi connectivity index (χ3n) is 4.50. The molecular formula is C21H23N3O3. The zero-order valence-electron chi connectivity index (χ0n) is 15.8. The van der Waals surface area contributed by atoms with E-state index < -0.39 is 6.04 Å². The first-order valence-electron chi connectivity index (χ1n) is 8.90. The quantitative estimate of drug-likeness (QED) is 0.629. The molecule has 27 heavy (non-hydrogen) atoms. The number of hydrogen-bond donors (Lipinski definition) is 0. The second-order valence-electron chi connectivity index (χ2n) is 6.51. The number of carbonyl (C=O) groups is 1. The van der Waals surface area contributed by atoms with Gasteiger partial charge in [0.1, 0.15) is 18.3 Å². The number of aryl methyl sites for hydroxylation is 1. The van der Waals surface area contributed by atoms with Crippen molar-refractivity contribution in [1.29, 1.82) is 0 Å². The lowest BCUT2D eigenvalue weighted by atomic mass is 10.1. The van der Waals surface area contributed by atoms with Crippen molar-refractivity contribution in [3.05, 3.63) is 81.9 Å². The van der Waals surface area contributed by atoms with Gasteiger partial charge in [-0.05, 0) is 37.7 Å². The summed E-state index contributed by atoms with van der Waals surface area (Å²) in [7, 11) is 1.88. The normalized spacial score (nSPS) is 12.3. The van der Waals surface area contributed by atoms with E-state index in [1.165, 1.54) is 10.5 Å². The number of rotatable bonds is 6. The molecule has 0 aliphatic rings. The first-order chi connectivity index (χ1) is 13.0. The number of carbonyl (C=O) groups excluding carboxylic acids is 1. The Kier molecular flexibility index (Phi) is 5.66. The molecule has 0 aliphatic heterocycles. The number of ether oxygens (including phenoxy) is 1. The molecule has 0 amide bonds. The van der Waals surface area contributed by atoms with E-state index in [1.54, 1.807) is 12.3 Å². The molecule has 2 heterocycles. The summed E-state index contributed by atoms with van der Waals surface area (Å²) >= 11 is 0. The Bertz CT molecular complexity index is 998. The van der Waals surface area contributed by atoms with Crippen LogP contribution in [-0.4, -0.2) is 33.8 Å². The Morgan fingerprint density at radius 2 is 1.96 bits per heavy atom. The molecule has 0 aliphatic carbocycles. The van der Waals surface area contributed by atoms with Crippen molar-refractivity contribution in [2.45, 2.75) is 26.5 Å². The summed E-state index contributed by atoms with van der Waals surface area (Å²) in [6.07, 6.45) is 1.74. The van der Waals surface area contributed by atoms with Gasteiger partial charge in [-0.3, -0.25) is 14.1 Å². The molecule has 0 bridgehead atoms. The highest BCUT2D eigenvalue weighted by molar-refractivity contribution is 5.77. The second kappa shape index (κ2) is 8.14. The summed E-state index contributed by atoms with van der Waals surface area (Å²) in [5.41, 5.74) is 2.61. The number of aromatic nitrogens is 2. The van der Waals surface area contributed by atoms with Gasteiger partial charge in [0.05, 0.1) is 5.69 Å². The molecule has 1 atom stereocenters. The molecule has 3 aromatic rings. The lowest BCUT2D eigenvalue weighted by Crippen LogP contribution is -2.32. The van der Waals surface area contributed by atoms with Gasteiger partial charge < -0.3 is 4.74 Å². The fraction of sp³-hybridized carbons (Fsp3) is 0.286. The summed E-state index contributed by atoms with van der Waals surface area (Å²) in [5.74, 6) is -0.364. The maximum Gasteiger partial charge on any atom is 0.328 e. The Morgan fingerprint density at radius 3 is 2.67 bits per heavy atom. The zero-order chi connectivity index (χ0) is 19.4. The number of fused-ring (bicyclic) bond motifs is 1. The van der Waals surface area contributed by atoms with Gasteiger partial charge >= 0.3 is 5.97 Å². The summed E-state index contributed by atoms with van der Waals surface area (Å²) < 4.78 is 6.99. The number of likely N-dealkylation sites (N-methyl/N-ethyl adjacent to an activating group) is 1. The van der Waals surface area contributed by atoms with E-state index in [0.29, 0.717) is 17.9 Å². The lowest BCUT2D eigenvalue weighted by molar-refractivity contribution is -0.151. The van der Waals surface area contributed by atoms with Gasteiger partial charge in [-0.1, -0.05) is 43.3 Å². The van der Waals surface area contributed by atoms with Gasteiger partial charge in [0.25, 0.3) is 5.56 Å². The van der Waals surface area contributed by atoms with Crippen molar-refractivity contribution in [3.63, 3.8) is 0 Å². The van der Waals surface area contributed by atoms with Crippen LogP contribution in [0.15, 0.2) is 59.5 Å². The van der Waals surface area contributed by atoms with E-state index in [0.717, 1.165) is 11.1 Å². The van der Waals surface area contributed by atoms with Crippen molar-refractivity contribution in [3.8, 4) is 0 Å².